The van der Waals surface area contributed by atoms with Gasteiger partial charge < -0.3 is 9.47 Å². The molecular formula is C20H16BrFN2O. The fraction of sp³-hybridized carbons (Fsp3) is 0.150. The first-order chi connectivity index (χ1) is 12.1. The van der Waals surface area contributed by atoms with Crippen molar-refractivity contribution in [1.82, 2.24) is 9.47 Å². The lowest BCUT2D eigenvalue weighted by Crippen LogP contribution is -2.42. The zero-order valence-electron chi connectivity index (χ0n) is 13.4. The first kappa shape index (κ1) is 16.1. The van der Waals surface area contributed by atoms with Crippen molar-refractivity contribution in [2.45, 2.75) is 12.6 Å². The highest BCUT2D eigenvalue weighted by Gasteiger charge is 2.33. The Morgan fingerprint density at radius 1 is 1.04 bits per heavy atom. The SMILES string of the molecule is O=C(c1cc(F)ccc1Br)N1CCn2cccc2C1c1ccccc1. The van der Waals surface area contributed by atoms with Crippen LogP contribution in [-0.2, 0) is 6.54 Å². The van der Waals surface area contributed by atoms with E-state index in [9.17, 15) is 9.18 Å². The molecule has 0 radical (unpaired) electrons. The first-order valence-corrected chi connectivity index (χ1v) is 8.90. The summed E-state index contributed by atoms with van der Waals surface area (Å²) in [5.41, 5.74) is 2.46. The number of nitrogens with zero attached hydrogens (tertiary/aromatic N) is 2. The van der Waals surface area contributed by atoms with Gasteiger partial charge in [0.2, 0.25) is 0 Å². The number of amides is 1. The van der Waals surface area contributed by atoms with Crippen LogP contribution in [-0.4, -0.2) is 21.9 Å². The average molecular weight is 399 g/mol. The maximum absolute atomic E-state index is 13.7. The highest BCUT2D eigenvalue weighted by atomic mass is 79.9. The van der Waals surface area contributed by atoms with Crippen molar-refractivity contribution in [3.05, 3.63) is 94.0 Å². The number of carbonyl (C=O) groups excluding carboxylic acids is 1. The second kappa shape index (κ2) is 6.48. The number of aromatic nitrogens is 1. The van der Waals surface area contributed by atoms with Crippen LogP contribution >= 0.6 is 15.9 Å². The molecule has 2 heterocycles. The molecule has 1 atom stereocenters. The summed E-state index contributed by atoms with van der Waals surface area (Å²) in [5, 5.41) is 0. The maximum atomic E-state index is 13.7. The highest BCUT2D eigenvalue weighted by Crippen LogP contribution is 2.34. The van der Waals surface area contributed by atoms with Crippen molar-refractivity contribution < 1.29 is 9.18 Å². The maximum Gasteiger partial charge on any atom is 0.256 e. The molecule has 1 amide bonds. The van der Waals surface area contributed by atoms with E-state index in [-0.39, 0.29) is 11.9 Å². The van der Waals surface area contributed by atoms with Crippen LogP contribution in [0.4, 0.5) is 4.39 Å². The molecule has 0 N–H and O–H groups in total. The molecule has 0 saturated heterocycles. The minimum absolute atomic E-state index is 0.173. The summed E-state index contributed by atoms with van der Waals surface area (Å²) in [5.74, 6) is -0.587. The third kappa shape index (κ3) is 2.89. The molecule has 5 heteroatoms. The van der Waals surface area contributed by atoms with Crippen LogP contribution in [0.3, 0.4) is 0 Å². The monoisotopic (exact) mass is 398 g/mol. The Labute approximate surface area is 153 Å². The lowest BCUT2D eigenvalue weighted by Gasteiger charge is -2.37. The van der Waals surface area contributed by atoms with Crippen LogP contribution in [0.15, 0.2) is 71.3 Å². The Kier molecular flexibility index (Phi) is 4.17. The van der Waals surface area contributed by atoms with E-state index in [0.29, 0.717) is 16.6 Å². The second-order valence-corrected chi connectivity index (χ2v) is 6.92. The first-order valence-electron chi connectivity index (χ1n) is 8.11. The van der Waals surface area contributed by atoms with Crippen molar-refractivity contribution in [2.24, 2.45) is 0 Å². The molecule has 4 rings (SSSR count). The van der Waals surface area contributed by atoms with E-state index in [0.717, 1.165) is 17.8 Å². The van der Waals surface area contributed by atoms with Gasteiger partial charge in [-0.15, -0.1) is 0 Å². The second-order valence-electron chi connectivity index (χ2n) is 6.06. The summed E-state index contributed by atoms with van der Waals surface area (Å²) in [7, 11) is 0. The molecule has 0 saturated carbocycles. The van der Waals surface area contributed by atoms with Crippen molar-refractivity contribution in [3.63, 3.8) is 0 Å². The number of carbonyl (C=O) groups is 1. The minimum Gasteiger partial charge on any atom is -0.348 e. The van der Waals surface area contributed by atoms with Gasteiger partial charge in [0, 0.05) is 29.5 Å². The predicted molar refractivity (Wildman–Crippen MR) is 97.9 cm³/mol. The number of rotatable bonds is 2. The fourth-order valence-electron chi connectivity index (χ4n) is 3.40. The molecule has 0 aliphatic carbocycles. The van der Waals surface area contributed by atoms with E-state index >= 15 is 0 Å². The van der Waals surface area contributed by atoms with E-state index in [4.69, 9.17) is 0 Å². The van der Waals surface area contributed by atoms with Crippen molar-refractivity contribution in [2.75, 3.05) is 6.54 Å². The van der Waals surface area contributed by atoms with Gasteiger partial charge in [-0.25, -0.2) is 4.39 Å². The number of fused-ring (bicyclic) bond motifs is 1. The molecule has 0 spiro atoms. The summed E-state index contributed by atoms with van der Waals surface area (Å²) in [6.45, 7) is 1.30. The van der Waals surface area contributed by atoms with Crippen LogP contribution < -0.4 is 0 Å². The third-order valence-corrected chi connectivity index (χ3v) is 5.26. The van der Waals surface area contributed by atoms with Crippen molar-refractivity contribution in [1.29, 1.82) is 0 Å². The smallest absolute Gasteiger partial charge is 0.256 e. The lowest BCUT2D eigenvalue weighted by molar-refractivity contribution is 0.0662. The summed E-state index contributed by atoms with van der Waals surface area (Å²) < 4.78 is 16.5. The molecule has 0 bridgehead atoms. The molecule has 3 aromatic rings. The highest BCUT2D eigenvalue weighted by molar-refractivity contribution is 9.10. The normalized spacial score (nSPS) is 16.6. The van der Waals surface area contributed by atoms with E-state index in [1.165, 1.54) is 12.1 Å². The Morgan fingerprint density at radius 2 is 1.84 bits per heavy atom. The average Bonchev–Trinajstić information content (AvgIpc) is 3.11. The minimum atomic E-state index is -0.414. The molecule has 1 aliphatic heterocycles. The van der Waals surface area contributed by atoms with Crippen LogP contribution in [0.1, 0.15) is 27.7 Å². The molecule has 1 unspecified atom stereocenters. The molecular weight excluding hydrogens is 383 g/mol. The molecule has 3 nitrogen and oxygen atoms in total. The van der Waals surface area contributed by atoms with Crippen molar-refractivity contribution >= 4 is 21.8 Å². The van der Waals surface area contributed by atoms with Gasteiger partial charge >= 0.3 is 0 Å². The Balaban J connectivity index is 1.80. The van der Waals surface area contributed by atoms with E-state index in [2.05, 4.69) is 20.5 Å². The summed E-state index contributed by atoms with van der Waals surface area (Å²) >= 11 is 3.38. The quantitative estimate of drug-likeness (QED) is 0.617. The molecule has 2 aromatic carbocycles. The number of hydrogen-bond acceptors (Lipinski definition) is 1. The predicted octanol–water partition coefficient (Wildman–Crippen LogP) is 4.64. The summed E-state index contributed by atoms with van der Waals surface area (Å²) in [6, 6.07) is 18.0. The Hall–Kier alpha value is -2.40. The van der Waals surface area contributed by atoms with E-state index < -0.39 is 5.82 Å². The van der Waals surface area contributed by atoms with Gasteiger partial charge in [0.05, 0.1) is 11.6 Å². The topological polar surface area (TPSA) is 25.2 Å². The molecule has 25 heavy (non-hydrogen) atoms. The molecule has 0 fully saturated rings. The van der Waals surface area contributed by atoms with Gasteiger partial charge in [0.15, 0.2) is 0 Å². The van der Waals surface area contributed by atoms with Crippen LogP contribution in [0, 0.1) is 5.82 Å². The summed E-state index contributed by atoms with van der Waals surface area (Å²) in [6.07, 6.45) is 2.03. The van der Waals surface area contributed by atoms with Gasteiger partial charge in [-0.1, -0.05) is 30.3 Å². The zero-order valence-corrected chi connectivity index (χ0v) is 15.0. The van der Waals surface area contributed by atoms with Crippen molar-refractivity contribution in [3.8, 4) is 0 Å². The van der Waals surface area contributed by atoms with Gasteiger partial charge in [0.25, 0.3) is 5.91 Å². The lowest BCUT2D eigenvalue weighted by atomic mass is 9.99. The number of halogens is 2. The van der Waals surface area contributed by atoms with Crippen LogP contribution in [0.5, 0.6) is 0 Å². The van der Waals surface area contributed by atoms with Gasteiger partial charge in [-0.3, -0.25) is 4.79 Å². The third-order valence-electron chi connectivity index (χ3n) is 4.57. The molecule has 1 aromatic heterocycles. The standard InChI is InChI=1S/C20H16BrFN2O/c21-17-9-8-15(22)13-16(17)20(25)24-12-11-23-10-4-7-18(23)19(24)14-5-2-1-3-6-14/h1-10,13,19H,11-12H2. The number of benzene rings is 2. The largest absolute Gasteiger partial charge is 0.348 e. The number of hydrogen-bond donors (Lipinski definition) is 0. The summed E-state index contributed by atoms with van der Waals surface area (Å²) in [4.78, 5) is 15.0. The van der Waals surface area contributed by atoms with Crippen LogP contribution in [0.25, 0.3) is 0 Å². The zero-order chi connectivity index (χ0) is 17.4. The molecule has 1 aliphatic rings. The van der Waals surface area contributed by atoms with Gasteiger partial charge in [-0.05, 0) is 51.8 Å². The van der Waals surface area contributed by atoms with E-state index in [1.807, 2.05) is 53.6 Å². The molecule has 126 valence electrons. The van der Waals surface area contributed by atoms with E-state index in [1.54, 1.807) is 6.07 Å². The van der Waals surface area contributed by atoms with Gasteiger partial charge in [0.1, 0.15) is 5.82 Å². The van der Waals surface area contributed by atoms with Gasteiger partial charge in [-0.2, -0.15) is 0 Å². The fourth-order valence-corrected chi connectivity index (χ4v) is 3.82. The Bertz CT molecular complexity index is 922. The Morgan fingerprint density at radius 3 is 2.64 bits per heavy atom. The van der Waals surface area contributed by atoms with Crippen LogP contribution in [0.2, 0.25) is 0 Å².